The fourth-order valence-corrected chi connectivity index (χ4v) is 2.17. The normalized spacial score (nSPS) is 21.6. The van der Waals surface area contributed by atoms with Gasteiger partial charge in [0.2, 0.25) is 5.82 Å². The number of likely N-dealkylation sites (tertiary alicyclic amines) is 1. The molecule has 18 heavy (non-hydrogen) atoms. The van der Waals surface area contributed by atoms with Crippen LogP contribution in [0.3, 0.4) is 0 Å². The fourth-order valence-electron chi connectivity index (χ4n) is 2.17. The zero-order chi connectivity index (χ0) is 13.3. The molecule has 2 rings (SSSR count). The molecule has 6 nitrogen and oxygen atoms in total. The van der Waals surface area contributed by atoms with E-state index in [1.54, 1.807) is 4.90 Å². The second-order valence-electron chi connectivity index (χ2n) is 5.36. The highest BCUT2D eigenvalue weighted by Crippen LogP contribution is 2.20. The molecule has 1 aliphatic rings. The Morgan fingerprint density at radius 2 is 2.22 bits per heavy atom. The third-order valence-electron chi connectivity index (χ3n) is 3.50. The van der Waals surface area contributed by atoms with Gasteiger partial charge in [-0.05, 0) is 19.3 Å². The van der Waals surface area contributed by atoms with E-state index in [1.165, 1.54) is 0 Å². The fraction of sp³-hybridized carbons (Fsp3) is 0.750. The second-order valence-corrected chi connectivity index (χ2v) is 5.36. The lowest BCUT2D eigenvalue weighted by atomic mass is 10.0. The molecule has 0 saturated carbocycles. The van der Waals surface area contributed by atoms with E-state index in [1.807, 2.05) is 20.8 Å². The molecule has 0 radical (unpaired) electrons. The van der Waals surface area contributed by atoms with Crippen molar-refractivity contribution >= 4 is 5.91 Å². The molecule has 2 heterocycles. The Morgan fingerprint density at radius 3 is 2.72 bits per heavy atom. The summed E-state index contributed by atoms with van der Waals surface area (Å²) in [6.45, 7) is 7.47. The second kappa shape index (κ2) is 5.06. The molecule has 2 atom stereocenters. The average Bonchev–Trinajstić information content (AvgIpc) is 2.97. The van der Waals surface area contributed by atoms with Crippen LogP contribution in [0.1, 0.15) is 49.6 Å². The molecule has 0 aliphatic carbocycles. The van der Waals surface area contributed by atoms with Gasteiger partial charge in [0.15, 0.2) is 0 Å². The minimum Gasteiger partial charge on any atom is -0.336 e. The number of aromatic nitrogens is 3. The summed E-state index contributed by atoms with van der Waals surface area (Å²) in [5.74, 6) is 1.55. The van der Waals surface area contributed by atoms with Crippen molar-refractivity contribution < 1.29 is 4.79 Å². The maximum atomic E-state index is 12.2. The smallest absolute Gasteiger partial charge is 0.293 e. The van der Waals surface area contributed by atoms with Gasteiger partial charge in [0.25, 0.3) is 5.91 Å². The molecule has 100 valence electrons. The van der Waals surface area contributed by atoms with Crippen molar-refractivity contribution in [2.45, 2.75) is 39.2 Å². The van der Waals surface area contributed by atoms with Crippen LogP contribution in [0.15, 0.2) is 0 Å². The van der Waals surface area contributed by atoms with Gasteiger partial charge in [-0.3, -0.25) is 9.89 Å². The lowest BCUT2D eigenvalue weighted by Crippen LogP contribution is -2.33. The molecule has 0 aromatic carbocycles. The zero-order valence-corrected chi connectivity index (χ0v) is 11.2. The van der Waals surface area contributed by atoms with Gasteiger partial charge in [-0.25, -0.2) is 4.98 Å². The Labute approximate surface area is 107 Å². The van der Waals surface area contributed by atoms with Gasteiger partial charge in [-0.1, -0.05) is 13.8 Å². The average molecular weight is 251 g/mol. The lowest BCUT2D eigenvalue weighted by Gasteiger charge is -2.16. The van der Waals surface area contributed by atoms with Gasteiger partial charge in [0.05, 0.1) is 0 Å². The number of aromatic amines is 1. The molecule has 1 fully saturated rings. The predicted octanol–water partition coefficient (Wildman–Crippen LogP) is 0.737. The molecular formula is C12H21N5O. The Balaban J connectivity index is 2.03. The molecule has 3 N–H and O–H groups in total. The van der Waals surface area contributed by atoms with Gasteiger partial charge >= 0.3 is 0 Å². The first-order valence-electron chi connectivity index (χ1n) is 6.46. The highest BCUT2D eigenvalue weighted by atomic mass is 16.2. The van der Waals surface area contributed by atoms with Crippen LogP contribution in [-0.4, -0.2) is 45.1 Å². The van der Waals surface area contributed by atoms with E-state index in [-0.39, 0.29) is 23.7 Å². The lowest BCUT2D eigenvalue weighted by molar-refractivity contribution is 0.0774. The Bertz CT molecular complexity index is 426. The number of carbonyl (C=O) groups excluding carboxylic acids is 1. The third-order valence-corrected chi connectivity index (χ3v) is 3.50. The topological polar surface area (TPSA) is 87.9 Å². The quantitative estimate of drug-likeness (QED) is 0.829. The van der Waals surface area contributed by atoms with Crippen LogP contribution in [0.5, 0.6) is 0 Å². The number of nitrogens with one attached hydrogen (secondary N) is 1. The molecule has 0 spiro atoms. The van der Waals surface area contributed by atoms with Crippen LogP contribution in [0, 0.1) is 5.92 Å². The third kappa shape index (κ3) is 2.53. The van der Waals surface area contributed by atoms with Gasteiger partial charge in [-0.15, -0.1) is 5.10 Å². The van der Waals surface area contributed by atoms with E-state index < -0.39 is 0 Å². The molecule has 1 saturated heterocycles. The maximum Gasteiger partial charge on any atom is 0.293 e. The van der Waals surface area contributed by atoms with Gasteiger partial charge in [0, 0.05) is 25.0 Å². The summed E-state index contributed by atoms with van der Waals surface area (Å²) < 4.78 is 0. The Morgan fingerprint density at radius 1 is 1.50 bits per heavy atom. The summed E-state index contributed by atoms with van der Waals surface area (Å²) in [4.78, 5) is 18.2. The molecule has 1 aromatic heterocycles. The van der Waals surface area contributed by atoms with Crippen molar-refractivity contribution in [1.29, 1.82) is 0 Å². The van der Waals surface area contributed by atoms with E-state index in [0.717, 1.165) is 18.8 Å². The number of hydrogen-bond donors (Lipinski definition) is 2. The monoisotopic (exact) mass is 251 g/mol. The minimum atomic E-state index is -0.0960. The molecule has 2 unspecified atom stereocenters. The van der Waals surface area contributed by atoms with Crippen molar-refractivity contribution in [2.75, 3.05) is 13.1 Å². The van der Waals surface area contributed by atoms with E-state index in [4.69, 9.17) is 5.73 Å². The Kier molecular flexibility index (Phi) is 3.65. The Hall–Kier alpha value is -1.43. The number of nitrogens with zero attached hydrogens (tertiary/aromatic N) is 3. The van der Waals surface area contributed by atoms with E-state index >= 15 is 0 Å². The van der Waals surface area contributed by atoms with Crippen molar-refractivity contribution in [3.05, 3.63) is 11.6 Å². The largest absolute Gasteiger partial charge is 0.336 e. The molecule has 1 amide bonds. The summed E-state index contributed by atoms with van der Waals surface area (Å²) in [5.41, 5.74) is 5.87. The van der Waals surface area contributed by atoms with Gasteiger partial charge < -0.3 is 10.6 Å². The van der Waals surface area contributed by atoms with Crippen LogP contribution < -0.4 is 5.73 Å². The number of rotatable bonds is 3. The summed E-state index contributed by atoms with van der Waals surface area (Å²) in [5, 5.41) is 6.80. The standard InChI is InChI=1S/C12H21N5O/c1-7(2)10-14-11(16-15-10)12(18)17-5-4-9(6-17)8(3)13/h7-9H,4-6,13H2,1-3H3,(H,14,15,16). The molecule has 1 aliphatic heterocycles. The minimum absolute atomic E-state index is 0.0960. The summed E-state index contributed by atoms with van der Waals surface area (Å²) in [7, 11) is 0. The van der Waals surface area contributed by atoms with Crippen LogP contribution in [0.25, 0.3) is 0 Å². The first-order chi connectivity index (χ1) is 8.49. The number of hydrogen-bond acceptors (Lipinski definition) is 4. The van der Waals surface area contributed by atoms with Crippen LogP contribution >= 0.6 is 0 Å². The van der Waals surface area contributed by atoms with Crippen molar-refractivity contribution in [2.24, 2.45) is 11.7 Å². The number of amides is 1. The SMILES string of the molecule is CC(C)c1nc(C(=O)N2CCC(C(C)N)C2)n[nH]1. The zero-order valence-electron chi connectivity index (χ0n) is 11.2. The van der Waals surface area contributed by atoms with E-state index in [9.17, 15) is 4.79 Å². The summed E-state index contributed by atoms with van der Waals surface area (Å²) in [6.07, 6.45) is 0.963. The summed E-state index contributed by atoms with van der Waals surface area (Å²) in [6, 6.07) is 0.126. The van der Waals surface area contributed by atoms with Crippen molar-refractivity contribution in [1.82, 2.24) is 20.1 Å². The molecule has 1 aromatic rings. The van der Waals surface area contributed by atoms with Crippen LogP contribution in [-0.2, 0) is 0 Å². The number of nitrogens with two attached hydrogens (primary N) is 1. The highest BCUT2D eigenvalue weighted by molar-refractivity contribution is 5.90. The van der Waals surface area contributed by atoms with Gasteiger partial charge in [-0.2, -0.15) is 0 Å². The summed E-state index contributed by atoms with van der Waals surface area (Å²) >= 11 is 0. The number of carbonyl (C=O) groups is 1. The van der Waals surface area contributed by atoms with Crippen LogP contribution in [0.4, 0.5) is 0 Å². The highest BCUT2D eigenvalue weighted by Gasteiger charge is 2.30. The van der Waals surface area contributed by atoms with Crippen LogP contribution in [0.2, 0.25) is 0 Å². The molecular weight excluding hydrogens is 230 g/mol. The molecule has 6 heteroatoms. The van der Waals surface area contributed by atoms with E-state index in [2.05, 4.69) is 15.2 Å². The first-order valence-corrected chi connectivity index (χ1v) is 6.46. The molecule has 0 bridgehead atoms. The van der Waals surface area contributed by atoms with Gasteiger partial charge in [0.1, 0.15) is 5.82 Å². The predicted molar refractivity (Wildman–Crippen MR) is 68.1 cm³/mol. The van der Waals surface area contributed by atoms with E-state index in [0.29, 0.717) is 12.5 Å². The first kappa shape index (κ1) is 13.0. The van der Waals surface area contributed by atoms with Crippen molar-refractivity contribution in [3.8, 4) is 0 Å². The number of H-pyrrole nitrogens is 1. The maximum absolute atomic E-state index is 12.2. The van der Waals surface area contributed by atoms with Crippen molar-refractivity contribution in [3.63, 3.8) is 0 Å².